The number of hydrogen-bond donors (Lipinski definition) is 0. The van der Waals surface area contributed by atoms with Crippen molar-refractivity contribution >= 4 is 23.2 Å². The molecule has 2 aromatic rings. The molecule has 0 atom stereocenters. The first-order chi connectivity index (χ1) is 12.9. The SMILES string of the molecule is CCCN1c2cc(F)c(C=Nc3ccc(OC)nc3)cc2C(C)=CC1(C)C. The van der Waals surface area contributed by atoms with E-state index < -0.39 is 0 Å². The van der Waals surface area contributed by atoms with Crippen molar-refractivity contribution in [3.8, 4) is 5.88 Å². The predicted molar refractivity (Wildman–Crippen MR) is 110 cm³/mol. The standard InChI is InChI=1S/C22H26FN3O/c1-6-9-26-20-11-19(23)16(10-18(20)15(2)12-22(26,3)4)13-24-17-7-8-21(27-5)25-14-17/h7-8,10-14H,6,9H2,1-5H3. The second kappa shape index (κ2) is 7.51. The third-order valence-corrected chi connectivity index (χ3v) is 4.83. The smallest absolute Gasteiger partial charge is 0.213 e. The summed E-state index contributed by atoms with van der Waals surface area (Å²) in [7, 11) is 1.56. The highest BCUT2D eigenvalue weighted by atomic mass is 19.1. The van der Waals surface area contributed by atoms with E-state index in [1.54, 1.807) is 37.7 Å². The number of rotatable bonds is 5. The fourth-order valence-corrected chi connectivity index (χ4v) is 3.56. The average Bonchev–Trinajstić information content (AvgIpc) is 2.64. The molecule has 0 spiro atoms. The molecular weight excluding hydrogens is 341 g/mol. The van der Waals surface area contributed by atoms with Gasteiger partial charge in [-0.2, -0.15) is 0 Å². The highest BCUT2D eigenvalue weighted by molar-refractivity contribution is 5.89. The lowest BCUT2D eigenvalue weighted by Gasteiger charge is -2.43. The van der Waals surface area contributed by atoms with Crippen LogP contribution in [-0.2, 0) is 0 Å². The minimum Gasteiger partial charge on any atom is -0.481 e. The van der Waals surface area contributed by atoms with E-state index in [1.807, 2.05) is 6.07 Å². The van der Waals surface area contributed by atoms with Gasteiger partial charge in [-0.15, -0.1) is 0 Å². The number of benzene rings is 1. The number of nitrogens with zero attached hydrogens (tertiary/aromatic N) is 3. The van der Waals surface area contributed by atoms with Gasteiger partial charge in [0, 0.05) is 35.6 Å². The van der Waals surface area contributed by atoms with Crippen molar-refractivity contribution in [2.24, 2.45) is 4.99 Å². The molecule has 2 heterocycles. The van der Waals surface area contributed by atoms with Crippen molar-refractivity contribution in [2.75, 3.05) is 18.6 Å². The van der Waals surface area contributed by atoms with Crippen LogP contribution < -0.4 is 9.64 Å². The van der Waals surface area contributed by atoms with Crippen LogP contribution in [0.4, 0.5) is 15.8 Å². The van der Waals surface area contributed by atoms with Crippen molar-refractivity contribution in [3.63, 3.8) is 0 Å². The fraction of sp³-hybridized carbons (Fsp3) is 0.364. The molecule has 0 aliphatic carbocycles. The lowest BCUT2D eigenvalue weighted by Crippen LogP contribution is -2.45. The van der Waals surface area contributed by atoms with Gasteiger partial charge in [0.1, 0.15) is 5.82 Å². The largest absolute Gasteiger partial charge is 0.481 e. The summed E-state index contributed by atoms with van der Waals surface area (Å²) in [6, 6.07) is 7.04. The van der Waals surface area contributed by atoms with Gasteiger partial charge in [-0.25, -0.2) is 9.37 Å². The van der Waals surface area contributed by atoms with E-state index in [-0.39, 0.29) is 11.4 Å². The Morgan fingerprint density at radius 1 is 1.30 bits per heavy atom. The van der Waals surface area contributed by atoms with E-state index in [4.69, 9.17) is 4.74 Å². The third-order valence-electron chi connectivity index (χ3n) is 4.83. The highest BCUT2D eigenvalue weighted by Gasteiger charge is 2.31. The number of aromatic nitrogens is 1. The van der Waals surface area contributed by atoms with Crippen LogP contribution in [0.5, 0.6) is 5.88 Å². The summed E-state index contributed by atoms with van der Waals surface area (Å²) >= 11 is 0. The molecule has 1 aliphatic rings. The Morgan fingerprint density at radius 2 is 2.07 bits per heavy atom. The van der Waals surface area contributed by atoms with Crippen LogP contribution in [0.3, 0.4) is 0 Å². The van der Waals surface area contributed by atoms with E-state index >= 15 is 0 Å². The Labute approximate surface area is 160 Å². The summed E-state index contributed by atoms with van der Waals surface area (Å²) in [5.41, 5.74) is 4.13. The maximum absolute atomic E-state index is 14.8. The molecule has 0 saturated heterocycles. The van der Waals surface area contributed by atoms with Crippen LogP contribution in [0.25, 0.3) is 5.57 Å². The number of methoxy groups -OCH3 is 1. The molecule has 4 nitrogen and oxygen atoms in total. The molecule has 0 unspecified atom stereocenters. The van der Waals surface area contributed by atoms with E-state index in [0.29, 0.717) is 17.1 Å². The number of ether oxygens (including phenoxy) is 1. The fourth-order valence-electron chi connectivity index (χ4n) is 3.56. The Morgan fingerprint density at radius 3 is 2.70 bits per heavy atom. The second-order valence-corrected chi connectivity index (χ2v) is 7.34. The first-order valence-electron chi connectivity index (χ1n) is 9.21. The molecule has 142 valence electrons. The summed E-state index contributed by atoms with van der Waals surface area (Å²) in [6.07, 6.45) is 6.40. The maximum atomic E-state index is 14.8. The Bertz CT molecular complexity index is 885. The van der Waals surface area contributed by atoms with E-state index in [0.717, 1.165) is 29.8 Å². The van der Waals surface area contributed by atoms with Gasteiger partial charge in [0.2, 0.25) is 5.88 Å². The number of pyridine rings is 1. The number of halogens is 1. The van der Waals surface area contributed by atoms with Crippen molar-refractivity contribution in [3.05, 3.63) is 53.5 Å². The minimum atomic E-state index is -0.273. The zero-order chi connectivity index (χ0) is 19.6. The van der Waals surface area contributed by atoms with Crippen LogP contribution in [0.15, 0.2) is 41.5 Å². The molecule has 27 heavy (non-hydrogen) atoms. The van der Waals surface area contributed by atoms with Gasteiger partial charge in [-0.1, -0.05) is 13.0 Å². The highest BCUT2D eigenvalue weighted by Crippen LogP contribution is 2.40. The molecule has 0 bridgehead atoms. The van der Waals surface area contributed by atoms with Crippen molar-refractivity contribution in [1.29, 1.82) is 0 Å². The number of aliphatic imine (C=N–C) groups is 1. The molecule has 0 radical (unpaired) electrons. The molecule has 0 amide bonds. The number of allylic oxidation sites excluding steroid dienone is 1. The molecule has 0 fully saturated rings. The van der Waals surface area contributed by atoms with Crippen molar-refractivity contribution in [2.45, 2.75) is 39.7 Å². The summed E-state index contributed by atoms with van der Waals surface area (Å²) < 4.78 is 19.9. The molecule has 1 aromatic heterocycles. The van der Waals surface area contributed by atoms with Gasteiger partial charge >= 0.3 is 0 Å². The van der Waals surface area contributed by atoms with E-state index in [9.17, 15) is 4.39 Å². The average molecular weight is 367 g/mol. The summed E-state index contributed by atoms with van der Waals surface area (Å²) in [4.78, 5) is 10.7. The van der Waals surface area contributed by atoms with Gasteiger partial charge in [0.05, 0.1) is 24.5 Å². The normalized spacial score (nSPS) is 15.6. The van der Waals surface area contributed by atoms with Crippen LogP contribution in [0.1, 0.15) is 45.2 Å². The van der Waals surface area contributed by atoms with Gasteiger partial charge in [0.15, 0.2) is 0 Å². The van der Waals surface area contributed by atoms with Gasteiger partial charge in [-0.05, 0) is 51.0 Å². The second-order valence-electron chi connectivity index (χ2n) is 7.34. The topological polar surface area (TPSA) is 37.7 Å². The molecule has 1 aliphatic heterocycles. The molecule has 5 heteroatoms. The van der Waals surface area contributed by atoms with Crippen LogP contribution >= 0.6 is 0 Å². The molecular formula is C22H26FN3O. The molecule has 3 rings (SSSR count). The van der Waals surface area contributed by atoms with Crippen LogP contribution in [-0.4, -0.2) is 30.4 Å². The van der Waals surface area contributed by atoms with Crippen molar-refractivity contribution < 1.29 is 9.13 Å². The lowest BCUT2D eigenvalue weighted by molar-refractivity contribution is 0.398. The Hall–Kier alpha value is -2.69. The summed E-state index contributed by atoms with van der Waals surface area (Å²) in [6.45, 7) is 9.43. The quantitative estimate of drug-likeness (QED) is 0.665. The number of fused-ring (bicyclic) bond motifs is 1. The van der Waals surface area contributed by atoms with E-state index in [2.05, 4.69) is 48.6 Å². The summed E-state index contributed by atoms with van der Waals surface area (Å²) in [5, 5.41) is 0. The lowest BCUT2D eigenvalue weighted by atomic mass is 9.87. The zero-order valence-corrected chi connectivity index (χ0v) is 16.6. The van der Waals surface area contributed by atoms with E-state index in [1.165, 1.54) is 0 Å². The minimum absolute atomic E-state index is 0.135. The monoisotopic (exact) mass is 367 g/mol. The molecule has 1 aromatic carbocycles. The molecule has 0 saturated carbocycles. The van der Waals surface area contributed by atoms with Gasteiger partial charge in [0.25, 0.3) is 0 Å². The van der Waals surface area contributed by atoms with Crippen LogP contribution in [0.2, 0.25) is 0 Å². The summed E-state index contributed by atoms with van der Waals surface area (Å²) in [5.74, 6) is 0.249. The van der Waals surface area contributed by atoms with Gasteiger partial charge in [-0.3, -0.25) is 4.99 Å². The van der Waals surface area contributed by atoms with Gasteiger partial charge < -0.3 is 9.64 Å². The molecule has 0 N–H and O–H groups in total. The Kier molecular flexibility index (Phi) is 5.31. The third kappa shape index (κ3) is 3.87. The van der Waals surface area contributed by atoms with Crippen LogP contribution in [0, 0.1) is 5.82 Å². The first-order valence-corrected chi connectivity index (χ1v) is 9.21. The predicted octanol–water partition coefficient (Wildman–Crippen LogP) is 5.39. The van der Waals surface area contributed by atoms with Crippen molar-refractivity contribution in [1.82, 2.24) is 4.98 Å². The number of hydrogen-bond acceptors (Lipinski definition) is 4. The zero-order valence-electron chi connectivity index (χ0n) is 16.6. The number of anilines is 1. The first kappa shape index (κ1) is 19.1. The Balaban J connectivity index is 1.97. The maximum Gasteiger partial charge on any atom is 0.213 e.